The Labute approximate surface area is 107 Å². The molecule has 1 atom stereocenters. The van der Waals surface area contributed by atoms with Gasteiger partial charge in [0.15, 0.2) is 9.84 Å². The van der Waals surface area contributed by atoms with Crippen LogP contribution in [0.25, 0.3) is 0 Å². The smallest absolute Gasteiger partial charge is 0.175 e. The van der Waals surface area contributed by atoms with Crippen LogP contribution in [0.15, 0.2) is 23.1 Å². The normalized spacial score (nSPS) is 13.3. The third-order valence-electron chi connectivity index (χ3n) is 2.52. The molecule has 4 nitrogen and oxygen atoms in total. The van der Waals surface area contributed by atoms with Gasteiger partial charge in [-0.15, -0.1) is 0 Å². The van der Waals surface area contributed by atoms with Crippen molar-refractivity contribution >= 4 is 15.5 Å². The molecule has 0 heterocycles. The number of sulfone groups is 1. The summed E-state index contributed by atoms with van der Waals surface area (Å²) in [5, 5.41) is 2.94. The van der Waals surface area contributed by atoms with Crippen molar-refractivity contribution in [1.82, 2.24) is 0 Å². The molecule has 0 aliphatic carbocycles. The first-order valence-electron chi connectivity index (χ1n) is 5.59. The Bertz CT molecular complexity index is 502. The first-order chi connectivity index (χ1) is 8.34. The second kappa shape index (κ2) is 6.15. The lowest BCUT2D eigenvalue weighted by molar-refractivity contribution is 0.191. The summed E-state index contributed by atoms with van der Waals surface area (Å²) in [5.74, 6) is -0.466. The zero-order chi connectivity index (χ0) is 13.8. The molecular formula is C12H18FNO3S. The van der Waals surface area contributed by atoms with E-state index in [1.54, 1.807) is 7.11 Å². The molecule has 0 saturated carbocycles. The number of ether oxygens (including phenoxy) is 1. The molecule has 1 unspecified atom stereocenters. The number of nitrogens with one attached hydrogen (secondary N) is 1. The van der Waals surface area contributed by atoms with E-state index in [4.69, 9.17) is 4.74 Å². The first kappa shape index (κ1) is 14.9. The highest BCUT2D eigenvalue weighted by molar-refractivity contribution is 7.90. The molecule has 18 heavy (non-hydrogen) atoms. The summed E-state index contributed by atoms with van der Waals surface area (Å²) in [5.41, 5.74) is 0.196. The first-order valence-corrected chi connectivity index (χ1v) is 7.49. The fourth-order valence-electron chi connectivity index (χ4n) is 1.48. The zero-order valence-corrected chi connectivity index (χ0v) is 11.6. The molecule has 0 spiro atoms. The lowest BCUT2D eigenvalue weighted by Crippen LogP contribution is -2.18. The standard InChI is InChI=1S/C12H18FNO3S/c1-9(6-7-17-2)14-12-8-10(18(3,15)16)4-5-11(12)13/h4-5,8-9,14H,6-7H2,1-3H3. The maximum atomic E-state index is 13.6. The van der Waals surface area contributed by atoms with Crippen LogP contribution < -0.4 is 5.32 Å². The van der Waals surface area contributed by atoms with Crippen LogP contribution in [0.2, 0.25) is 0 Å². The highest BCUT2D eigenvalue weighted by Crippen LogP contribution is 2.20. The number of rotatable bonds is 6. The molecule has 1 aromatic carbocycles. The molecule has 1 rings (SSSR count). The van der Waals surface area contributed by atoms with Gasteiger partial charge >= 0.3 is 0 Å². The van der Waals surface area contributed by atoms with E-state index in [0.717, 1.165) is 12.3 Å². The van der Waals surface area contributed by atoms with E-state index in [1.807, 2.05) is 6.92 Å². The highest BCUT2D eigenvalue weighted by atomic mass is 32.2. The van der Waals surface area contributed by atoms with Crippen molar-refractivity contribution in [3.05, 3.63) is 24.0 Å². The summed E-state index contributed by atoms with van der Waals surface area (Å²) in [6.07, 6.45) is 1.80. The topological polar surface area (TPSA) is 55.4 Å². The van der Waals surface area contributed by atoms with Gasteiger partial charge in [0.05, 0.1) is 10.6 Å². The lowest BCUT2D eigenvalue weighted by Gasteiger charge is -2.16. The van der Waals surface area contributed by atoms with Crippen LogP contribution >= 0.6 is 0 Å². The molecule has 0 aromatic heterocycles. The van der Waals surface area contributed by atoms with E-state index < -0.39 is 15.7 Å². The number of anilines is 1. The fourth-order valence-corrected chi connectivity index (χ4v) is 2.13. The van der Waals surface area contributed by atoms with Crippen molar-refractivity contribution in [2.24, 2.45) is 0 Å². The third kappa shape index (κ3) is 4.27. The summed E-state index contributed by atoms with van der Waals surface area (Å²) < 4.78 is 41.2. The van der Waals surface area contributed by atoms with Gasteiger partial charge in [-0.05, 0) is 31.5 Å². The second-order valence-corrected chi connectivity index (χ2v) is 6.26. The number of methoxy groups -OCH3 is 1. The van der Waals surface area contributed by atoms with E-state index in [9.17, 15) is 12.8 Å². The van der Waals surface area contributed by atoms with Crippen molar-refractivity contribution in [1.29, 1.82) is 0 Å². The molecule has 0 radical (unpaired) electrons. The molecular weight excluding hydrogens is 257 g/mol. The molecule has 0 fully saturated rings. The van der Waals surface area contributed by atoms with Crippen LogP contribution in [0.4, 0.5) is 10.1 Å². The highest BCUT2D eigenvalue weighted by Gasteiger charge is 2.12. The molecule has 0 aliphatic rings. The van der Waals surface area contributed by atoms with Gasteiger partial charge in [0.25, 0.3) is 0 Å². The van der Waals surface area contributed by atoms with Crippen molar-refractivity contribution < 1.29 is 17.5 Å². The minimum atomic E-state index is -3.33. The van der Waals surface area contributed by atoms with Crippen LogP contribution in [0, 0.1) is 5.82 Å². The Morgan fingerprint density at radius 1 is 1.44 bits per heavy atom. The fraction of sp³-hybridized carbons (Fsp3) is 0.500. The second-order valence-electron chi connectivity index (χ2n) is 4.24. The van der Waals surface area contributed by atoms with Crippen molar-refractivity contribution in [3.8, 4) is 0 Å². The van der Waals surface area contributed by atoms with E-state index in [2.05, 4.69) is 5.32 Å². The third-order valence-corrected chi connectivity index (χ3v) is 3.63. The minimum Gasteiger partial charge on any atom is -0.385 e. The van der Waals surface area contributed by atoms with E-state index >= 15 is 0 Å². The summed E-state index contributed by atoms with van der Waals surface area (Å²) in [6.45, 7) is 2.44. The Kier molecular flexibility index (Phi) is 5.10. The van der Waals surface area contributed by atoms with Crippen LogP contribution in [-0.2, 0) is 14.6 Å². The molecule has 1 N–H and O–H groups in total. The number of hydrogen-bond donors (Lipinski definition) is 1. The SMILES string of the molecule is COCCC(C)Nc1cc(S(C)(=O)=O)ccc1F. The van der Waals surface area contributed by atoms with E-state index in [0.29, 0.717) is 13.0 Å². The Morgan fingerprint density at radius 3 is 2.67 bits per heavy atom. The predicted molar refractivity (Wildman–Crippen MR) is 69.1 cm³/mol. The van der Waals surface area contributed by atoms with Gasteiger partial charge in [-0.1, -0.05) is 0 Å². The molecule has 6 heteroatoms. The number of benzene rings is 1. The maximum Gasteiger partial charge on any atom is 0.175 e. The van der Waals surface area contributed by atoms with Gasteiger partial charge in [-0.25, -0.2) is 12.8 Å². The Hall–Kier alpha value is -1.14. The Morgan fingerprint density at radius 2 is 2.11 bits per heavy atom. The Balaban J connectivity index is 2.88. The molecule has 0 aliphatic heterocycles. The summed E-state index contributed by atoms with van der Waals surface area (Å²) in [6, 6.07) is 3.72. The van der Waals surface area contributed by atoms with Crippen LogP contribution in [-0.4, -0.2) is 34.4 Å². The van der Waals surface area contributed by atoms with Gasteiger partial charge in [0.2, 0.25) is 0 Å². The van der Waals surface area contributed by atoms with Crippen molar-refractivity contribution in [3.63, 3.8) is 0 Å². The summed E-state index contributed by atoms with van der Waals surface area (Å²) in [7, 11) is -1.73. The average molecular weight is 275 g/mol. The largest absolute Gasteiger partial charge is 0.385 e. The van der Waals surface area contributed by atoms with Gasteiger partial charge in [-0.2, -0.15) is 0 Å². The zero-order valence-electron chi connectivity index (χ0n) is 10.7. The predicted octanol–water partition coefficient (Wildman–Crippen LogP) is 2.07. The monoisotopic (exact) mass is 275 g/mol. The van der Waals surface area contributed by atoms with E-state index in [1.165, 1.54) is 12.1 Å². The maximum absolute atomic E-state index is 13.6. The summed E-state index contributed by atoms with van der Waals surface area (Å²) in [4.78, 5) is 0.102. The van der Waals surface area contributed by atoms with Crippen LogP contribution in [0.5, 0.6) is 0 Å². The number of halogens is 1. The minimum absolute atomic E-state index is 0.00531. The van der Waals surface area contributed by atoms with Gasteiger partial charge in [0, 0.05) is 26.0 Å². The molecule has 0 bridgehead atoms. The van der Waals surface area contributed by atoms with Crippen LogP contribution in [0.3, 0.4) is 0 Å². The average Bonchev–Trinajstić information content (AvgIpc) is 2.28. The van der Waals surface area contributed by atoms with E-state index in [-0.39, 0.29) is 16.6 Å². The molecule has 102 valence electrons. The van der Waals surface area contributed by atoms with Gasteiger partial charge < -0.3 is 10.1 Å². The van der Waals surface area contributed by atoms with Crippen molar-refractivity contribution in [2.45, 2.75) is 24.3 Å². The molecule has 0 amide bonds. The van der Waals surface area contributed by atoms with Crippen LogP contribution in [0.1, 0.15) is 13.3 Å². The molecule has 1 aromatic rings. The number of hydrogen-bond acceptors (Lipinski definition) is 4. The molecule has 0 saturated heterocycles. The lowest BCUT2D eigenvalue weighted by atomic mass is 10.2. The van der Waals surface area contributed by atoms with Gasteiger partial charge in [0.1, 0.15) is 5.82 Å². The van der Waals surface area contributed by atoms with Gasteiger partial charge in [-0.3, -0.25) is 0 Å². The van der Waals surface area contributed by atoms with Crippen molar-refractivity contribution in [2.75, 3.05) is 25.3 Å². The quantitative estimate of drug-likeness (QED) is 0.807. The summed E-state index contributed by atoms with van der Waals surface area (Å²) >= 11 is 0.